The van der Waals surface area contributed by atoms with Gasteiger partial charge < -0.3 is 5.32 Å². The van der Waals surface area contributed by atoms with Gasteiger partial charge in [-0.15, -0.1) is 0 Å². The van der Waals surface area contributed by atoms with E-state index in [0.717, 1.165) is 19.4 Å². The number of rotatable bonds is 5. The molecule has 1 aliphatic carbocycles. The number of nitrogens with one attached hydrogen (secondary N) is 2. The van der Waals surface area contributed by atoms with Gasteiger partial charge in [-0.3, -0.25) is 9.69 Å². The van der Waals surface area contributed by atoms with E-state index in [9.17, 15) is 4.79 Å². The maximum Gasteiger partial charge on any atom is 0.273 e. The fraction of sp³-hybridized carbons (Fsp3) is 0.750. The van der Waals surface area contributed by atoms with E-state index in [1.807, 2.05) is 0 Å². The number of hydrogen-bond acceptors (Lipinski definition) is 4. The average Bonchev–Trinajstić information content (AvgIpc) is 3.06. The Morgan fingerprint density at radius 1 is 1.56 bits per heavy atom. The van der Waals surface area contributed by atoms with E-state index in [2.05, 4.69) is 39.6 Å². The van der Waals surface area contributed by atoms with Gasteiger partial charge in [0.2, 0.25) is 0 Å². The van der Waals surface area contributed by atoms with Crippen molar-refractivity contribution in [1.82, 2.24) is 25.6 Å². The molecule has 6 heteroatoms. The fourth-order valence-corrected chi connectivity index (χ4v) is 2.71. The molecule has 1 amide bonds. The Kier molecular flexibility index (Phi) is 3.96. The molecule has 2 N–H and O–H groups in total. The monoisotopic (exact) mass is 251 g/mol. The van der Waals surface area contributed by atoms with Crippen LogP contribution in [0.1, 0.15) is 43.1 Å². The van der Waals surface area contributed by atoms with Crippen LogP contribution in [-0.4, -0.2) is 51.9 Å². The lowest BCUT2D eigenvalue weighted by atomic mass is 9.95. The van der Waals surface area contributed by atoms with Crippen LogP contribution < -0.4 is 5.32 Å². The Labute approximate surface area is 107 Å². The molecule has 1 heterocycles. The quantitative estimate of drug-likeness (QED) is 0.811. The summed E-state index contributed by atoms with van der Waals surface area (Å²) in [5, 5.41) is 12.9. The second kappa shape index (κ2) is 5.48. The van der Waals surface area contributed by atoms with Crippen LogP contribution in [0.2, 0.25) is 0 Å². The van der Waals surface area contributed by atoms with Gasteiger partial charge in [0.15, 0.2) is 5.69 Å². The van der Waals surface area contributed by atoms with Crippen molar-refractivity contribution in [2.45, 2.75) is 38.1 Å². The van der Waals surface area contributed by atoms with Crippen molar-refractivity contribution in [2.24, 2.45) is 0 Å². The van der Waals surface area contributed by atoms with Gasteiger partial charge in [-0.25, -0.2) is 0 Å². The molecule has 1 aromatic heterocycles. The smallest absolute Gasteiger partial charge is 0.273 e. The van der Waals surface area contributed by atoms with Crippen molar-refractivity contribution in [2.75, 3.05) is 20.1 Å². The second-order valence-corrected chi connectivity index (χ2v) is 4.98. The Morgan fingerprint density at radius 3 is 2.83 bits per heavy atom. The number of hydrogen-bond donors (Lipinski definition) is 2. The summed E-state index contributed by atoms with van der Waals surface area (Å²) in [4.78, 5) is 14.2. The van der Waals surface area contributed by atoms with Crippen LogP contribution in [0, 0.1) is 0 Å². The summed E-state index contributed by atoms with van der Waals surface area (Å²) in [6, 6.07) is 0. The highest BCUT2D eigenvalue weighted by molar-refractivity contribution is 5.91. The van der Waals surface area contributed by atoms with Gasteiger partial charge in [0.05, 0.1) is 6.20 Å². The molecule has 0 bridgehead atoms. The first-order valence-electron chi connectivity index (χ1n) is 6.53. The van der Waals surface area contributed by atoms with Gasteiger partial charge in [0, 0.05) is 12.1 Å². The molecule has 100 valence electrons. The average molecular weight is 251 g/mol. The number of carbonyl (C=O) groups excluding carboxylic acids is 1. The third-order valence-corrected chi connectivity index (χ3v) is 4.04. The minimum absolute atomic E-state index is 0.119. The van der Waals surface area contributed by atoms with Crippen LogP contribution in [0.25, 0.3) is 0 Å². The normalized spacial score (nSPS) is 18.2. The topological polar surface area (TPSA) is 73.9 Å². The molecular formula is C12H21N5O. The fourth-order valence-electron chi connectivity index (χ4n) is 2.71. The van der Waals surface area contributed by atoms with E-state index in [1.165, 1.54) is 19.0 Å². The van der Waals surface area contributed by atoms with Crippen molar-refractivity contribution in [1.29, 1.82) is 0 Å². The second-order valence-electron chi connectivity index (χ2n) is 4.98. The van der Waals surface area contributed by atoms with E-state index in [4.69, 9.17) is 0 Å². The highest BCUT2D eigenvalue weighted by Crippen LogP contribution is 2.33. The molecule has 0 atom stereocenters. The summed E-state index contributed by atoms with van der Waals surface area (Å²) in [6.07, 6.45) is 6.22. The number of amides is 1. The third-order valence-electron chi connectivity index (χ3n) is 4.04. The summed E-state index contributed by atoms with van der Waals surface area (Å²) >= 11 is 0. The van der Waals surface area contributed by atoms with Crippen molar-refractivity contribution < 1.29 is 4.79 Å². The molecule has 6 nitrogen and oxygen atoms in total. The van der Waals surface area contributed by atoms with Crippen LogP contribution in [0.15, 0.2) is 6.20 Å². The van der Waals surface area contributed by atoms with Crippen molar-refractivity contribution in [3.8, 4) is 0 Å². The van der Waals surface area contributed by atoms with Gasteiger partial charge in [-0.05, 0) is 26.4 Å². The van der Waals surface area contributed by atoms with Gasteiger partial charge in [-0.1, -0.05) is 19.8 Å². The summed E-state index contributed by atoms with van der Waals surface area (Å²) in [6.45, 7) is 3.84. The van der Waals surface area contributed by atoms with Gasteiger partial charge in [-0.2, -0.15) is 15.4 Å². The van der Waals surface area contributed by atoms with Crippen LogP contribution in [-0.2, 0) is 0 Å². The SMILES string of the molecule is CCN(C)C1(CNC(=O)c2cn[nH]n2)CCCC1. The summed E-state index contributed by atoms with van der Waals surface area (Å²) in [7, 11) is 2.13. The molecule has 0 spiro atoms. The Morgan fingerprint density at radius 2 is 2.28 bits per heavy atom. The van der Waals surface area contributed by atoms with E-state index in [1.54, 1.807) is 0 Å². The van der Waals surface area contributed by atoms with Crippen molar-refractivity contribution >= 4 is 5.91 Å². The molecule has 1 saturated carbocycles. The summed E-state index contributed by atoms with van der Waals surface area (Å²) < 4.78 is 0. The number of aromatic nitrogens is 3. The highest BCUT2D eigenvalue weighted by atomic mass is 16.2. The molecule has 1 aliphatic rings. The first kappa shape index (κ1) is 13.0. The van der Waals surface area contributed by atoms with Crippen molar-refractivity contribution in [3.63, 3.8) is 0 Å². The largest absolute Gasteiger partial charge is 0.349 e. The molecule has 0 radical (unpaired) electrons. The molecule has 0 aromatic carbocycles. The lowest BCUT2D eigenvalue weighted by molar-refractivity contribution is 0.0870. The van der Waals surface area contributed by atoms with Crippen LogP contribution in [0.5, 0.6) is 0 Å². The number of carbonyl (C=O) groups is 1. The maximum atomic E-state index is 11.9. The maximum absolute atomic E-state index is 11.9. The minimum atomic E-state index is -0.153. The standard InChI is InChI=1S/C12H21N5O/c1-3-17(2)12(6-4-5-7-12)9-13-11(18)10-8-14-16-15-10/h8H,3-7,9H2,1-2H3,(H,13,18)(H,14,15,16). The predicted octanol–water partition coefficient (Wildman–Crippen LogP) is 0.799. The highest BCUT2D eigenvalue weighted by Gasteiger charge is 2.37. The van der Waals surface area contributed by atoms with E-state index < -0.39 is 0 Å². The molecule has 0 aliphatic heterocycles. The zero-order valence-corrected chi connectivity index (χ0v) is 11.1. The number of H-pyrrole nitrogens is 1. The number of aromatic amines is 1. The Bertz CT molecular complexity index is 383. The van der Waals surface area contributed by atoms with Crippen molar-refractivity contribution in [3.05, 3.63) is 11.9 Å². The number of nitrogens with zero attached hydrogens (tertiary/aromatic N) is 3. The number of likely N-dealkylation sites (N-methyl/N-ethyl adjacent to an activating group) is 1. The lowest BCUT2D eigenvalue weighted by Crippen LogP contribution is -2.52. The van der Waals surface area contributed by atoms with Gasteiger partial charge in [0.25, 0.3) is 5.91 Å². The molecule has 2 rings (SSSR count). The van der Waals surface area contributed by atoms with Gasteiger partial charge in [0.1, 0.15) is 0 Å². The molecule has 1 fully saturated rings. The summed E-state index contributed by atoms with van der Waals surface area (Å²) in [5.74, 6) is -0.153. The molecular weight excluding hydrogens is 230 g/mol. The van der Waals surface area contributed by atoms with E-state index in [0.29, 0.717) is 12.2 Å². The summed E-state index contributed by atoms with van der Waals surface area (Å²) in [5.41, 5.74) is 0.469. The molecule has 1 aromatic rings. The zero-order valence-electron chi connectivity index (χ0n) is 11.1. The third kappa shape index (κ3) is 2.53. The van der Waals surface area contributed by atoms with Gasteiger partial charge >= 0.3 is 0 Å². The first-order valence-corrected chi connectivity index (χ1v) is 6.53. The zero-order chi connectivity index (χ0) is 13.0. The molecule has 0 unspecified atom stereocenters. The molecule has 0 saturated heterocycles. The predicted molar refractivity (Wildman–Crippen MR) is 68.2 cm³/mol. The van der Waals surface area contributed by atoms with Crippen LogP contribution in [0.4, 0.5) is 0 Å². The minimum Gasteiger partial charge on any atom is -0.349 e. The van der Waals surface area contributed by atoms with E-state index >= 15 is 0 Å². The Hall–Kier alpha value is -1.43. The Balaban J connectivity index is 1.96. The van der Waals surface area contributed by atoms with E-state index in [-0.39, 0.29) is 11.4 Å². The van der Waals surface area contributed by atoms with Crippen LogP contribution >= 0.6 is 0 Å². The molecule has 18 heavy (non-hydrogen) atoms. The lowest BCUT2D eigenvalue weighted by Gasteiger charge is -2.38. The first-order chi connectivity index (χ1) is 8.68. The van der Waals surface area contributed by atoms with Crippen LogP contribution in [0.3, 0.4) is 0 Å².